The molecule has 0 aromatic carbocycles. The Labute approximate surface area is 95.3 Å². The first-order valence-corrected chi connectivity index (χ1v) is 4.74. The molecular weight excluding hydrogens is 220 g/mol. The second-order valence-corrected chi connectivity index (χ2v) is 3.46. The molecule has 0 bridgehead atoms. The highest BCUT2D eigenvalue weighted by Crippen LogP contribution is 2.02. The van der Waals surface area contributed by atoms with Gasteiger partial charge in [-0.15, -0.1) is 12.4 Å². The highest BCUT2D eigenvalue weighted by molar-refractivity contribution is 5.85. The van der Waals surface area contributed by atoms with Crippen molar-refractivity contribution in [3.8, 4) is 0 Å². The Hall–Kier alpha value is -0.810. The van der Waals surface area contributed by atoms with Crippen LogP contribution in [0.3, 0.4) is 0 Å². The normalized spacial score (nSPS) is 20.5. The van der Waals surface area contributed by atoms with Gasteiger partial charge in [-0.2, -0.15) is 0 Å². The first-order chi connectivity index (χ1) is 6.65. The number of carbonyl (C=O) groups is 2. The molecule has 0 aromatic heterocycles. The van der Waals surface area contributed by atoms with Crippen molar-refractivity contribution in [2.24, 2.45) is 5.92 Å². The van der Waals surface area contributed by atoms with E-state index in [9.17, 15) is 9.59 Å². The van der Waals surface area contributed by atoms with Gasteiger partial charge in [-0.1, -0.05) is 6.92 Å². The molecule has 0 radical (unpaired) electrons. The van der Waals surface area contributed by atoms with E-state index in [0.717, 1.165) is 13.0 Å². The van der Waals surface area contributed by atoms with Gasteiger partial charge in [0, 0.05) is 6.54 Å². The Morgan fingerprint density at radius 2 is 2.20 bits per heavy atom. The van der Waals surface area contributed by atoms with Gasteiger partial charge < -0.3 is 15.4 Å². The number of carbonyl (C=O) groups excluding carboxylic acids is 2. The van der Waals surface area contributed by atoms with Gasteiger partial charge in [-0.05, 0) is 13.0 Å². The molecule has 0 saturated carbocycles. The number of amides is 1. The smallest absolute Gasteiger partial charge is 0.310 e. The number of ether oxygens (including phenoxy) is 1. The SMILES string of the molecule is COC(=O)C(C)CNC(=O)[C@H]1CCN1.Cl. The molecule has 0 spiro atoms. The van der Waals surface area contributed by atoms with Gasteiger partial charge in [0.1, 0.15) is 0 Å². The van der Waals surface area contributed by atoms with E-state index in [1.165, 1.54) is 7.11 Å². The van der Waals surface area contributed by atoms with Crippen LogP contribution in [0.25, 0.3) is 0 Å². The molecule has 1 rings (SSSR count). The van der Waals surface area contributed by atoms with Crippen molar-refractivity contribution in [1.82, 2.24) is 10.6 Å². The van der Waals surface area contributed by atoms with Crippen molar-refractivity contribution < 1.29 is 14.3 Å². The quantitative estimate of drug-likeness (QED) is 0.658. The molecule has 5 nitrogen and oxygen atoms in total. The topological polar surface area (TPSA) is 67.4 Å². The second kappa shape index (κ2) is 6.63. The van der Waals surface area contributed by atoms with Crippen molar-refractivity contribution in [3.63, 3.8) is 0 Å². The molecule has 2 N–H and O–H groups in total. The zero-order valence-electron chi connectivity index (χ0n) is 8.91. The fraction of sp³-hybridized carbons (Fsp3) is 0.778. The van der Waals surface area contributed by atoms with E-state index >= 15 is 0 Å². The predicted molar refractivity (Wildman–Crippen MR) is 57.8 cm³/mol. The summed E-state index contributed by atoms with van der Waals surface area (Å²) in [4.78, 5) is 22.3. The van der Waals surface area contributed by atoms with Gasteiger partial charge in [-0.3, -0.25) is 9.59 Å². The third-order valence-corrected chi connectivity index (χ3v) is 2.33. The van der Waals surface area contributed by atoms with Gasteiger partial charge in [0.2, 0.25) is 5.91 Å². The molecule has 1 aliphatic rings. The standard InChI is InChI=1S/C9H16N2O3.ClH/c1-6(9(13)14-2)5-11-8(12)7-3-4-10-7;/h6-7,10H,3-5H2,1-2H3,(H,11,12);1H/t6?,7-;/m1./s1. The van der Waals surface area contributed by atoms with Crippen LogP contribution in [0.2, 0.25) is 0 Å². The summed E-state index contributed by atoms with van der Waals surface area (Å²) in [6, 6.07) is -0.0696. The van der Waals surface area contributed by atoms with Crippen molar-refractivity contribution in [2.75, 3.05) is 20.2 Å². The molecule has 15 heavy (non-hydrogen) atoms. The van der Waals surface area contributed by atoms with Gasteiger partial charge in [0.25, 0.3) is 0 Å². The Bertz CT molecular complexity index is 231. The molecular formula is C9H17ClN2O3. The fourth-order valence-corrected chi connectivity index (χ4v) is 1.17. The van der Waals surface area contributed by atoms with Crippen LogP contribution in [0.15, 0.2) is 0 Å². The molecule has 0 aliphatic carbocycles. The van der Waals surface area contributed by atoms with E-state index in [2.05, 4.69) is 15.4 Å². The lowest BCUT2D eigenvalue weighted by Crippen LogP contribution is -2.53. The number of methoxy groups -OCH3 is 1. The van der Waals surface area contributed by atoms with Crippen molar-refractivity contribution in [3.05, 3.63) is 0 Å². The van der Waals surface area contributed by atoms with Gasteiger partial charge >= 0.3 is 5.97 Å². The van der Waals surface area contributed by atoms with Gasteiger partial charge in [-0.25, -0.2) is 0 Å². The summed E-state index contributed by atoms with van der Waals surface area (Å²) in [6.45, 7) is 2.95. The van der Waals surface area contributed by atoms with E-state index in [1.54, 1.807) is 6.92 Å². The van der Waals surface area contributed by atoms with Crippen molar-refractivity contribution in [1.29, 1.82) is 0 Å². The second-order valence-electron chi connectivity index (χ2n) is 3.46. The first-order valence-electron chi connectivity index (χ1n) is 4.74. The maximum Gasteiger partial charge on any atom is 0.310 e. The molecule has 1 amide bonds. The van der Waals surface area contributed by atoms with Crippen LogP contribution < -0.4 is 10.6 Å². The summed E-state index contributed by atoms with van der Waals surface area (Å²) in [6.07, 6.45) is 0.873. The zero-order valence-corrected chi connectivity index (χ0v) is 9.73. The maximum absolute atomic E-state index is 11.3. The molecule has 6 heteroatoms. The minimum Gasteiger partial charge on any atom is -0.469 e. The van der Waals surface area contributed by atoms with Crippen LogP contribution in [-0.4, -0.2) is 38.1 Å². The third-order valence-electron chi connectivity index (χ3n) is 2.33. The van der Waals surface area contributed by atoms with Crippen LogP contribution in [0.1, 0.15) is 13.3 Å². The minimum absolute atomic E-state index is 0. The van der Waals surface area contributed by atoms with Crippen LogP contribution >= 0.6 is 12.4 Å². The average molecular weight is 237 g/mol. The average Bonchev–Trinajstić information content (AvgIpc) is 2.10. The fourth-order valence-electron chi connectivity index (χ4n) is 1.17. The minimum atomic E-state index is -0.299. The molecule has 1 saturated heterocycles. The lowest BCUT2D eigenvalue weighted by molar-refractivity contribution is -0.144. The summed E-state index contributed by atoms with van der Waals surface area (Å²) in [7, 11) is 1.34. The van der Waals surface area contributed by atoms with Crippen molar-refractivity contribution in [2.45, 2.75) is 19.4 Å². The van der Waals surface area contributed by atoms with Crippen LogP contribution in [-0.2, 0) is 14.3 Å². The number of esters is 1. The summed E-state index contributed by atoms with van der Waals surface area (Å²) in [5.41, 5.74) is 0. The molecule has 1 unspecified atom stereocenters. The van der Waals surface area contributed by atoms with Gasteiger partial charge in [0.15, 0.2) is 0 Å². The van der Waals surface area contributed by atoms with E-state index in [1.807, 2.05) is 0 Å². The largest absolute Gasteiger partial charge is 0.469 e. The monoisotopic (exact) mass is 236 g/mol. The van der Waals surface area contributed by atoms with E-state index in [0.29, 0.717) is 6.54 Å². The third kappa shape index (κ3) is 4.05. The molecule has 2 atom stereocenters. The molecule has 88 valence electrons. The van der Waals surface area contributed by atoms with Crippen molar-refractivity contribution >= 4 is 24.3 Å². The van der Waals surface area contributed by atoms with E-state index < -0.39 is 0 Å². The van der Waals surface area contributed by atoms with Gasteiger partial charge in [0.05, 0.1) is 19.1 Å². The van der Waals surface area contributed by atoms with E-state index in [-0.39, 0.29) is 36.2 Å². The molecule has 1 fully saturated rings. The number of nitrogens with one attached hydrogen (secondary N) is 2. The lowest BCUT2D eigenvalue weighted by Gasteiger charge is -2.26. The summed E-state index contributed by atoms with van der Waals surface area (Å²) >= 11 is 0. The Balaban J connectivity index is 0.00000196. The number of halogens is 1. The first kappa shape index (κ1) is 14.2. The number of hydrogen-bond donors (Lipinski definition) is 2. The Morgan fingerprint density at radius 1 is 1.60 bits per heavy atom. The number of hydrogen-bond acceptors (Lipinski definition) is 4. The summed E-state index contributed by atoms with van der Waals surface area (Å²) < 4.78 is 4.54. The molecule has 1 heterocycles. The molecule has 0 aromatic rings. The number of rotatable bonds is 4. The Kier molecular flexibility index (Phi) is 6.27. The maximum atomic E-state index is 11.3. The van der Waals surface area contributed by atoms with Crippen LogP contribution in [0, 0.1) is 5.92 Å². The summed E-state index contributed by atoms with van der Waals surface area (Å²) in [5.74, 6) is -0.622. The Morgan fingerprint density at radius 3 is 2.60 bits per heavy atom. The highest BCUT2D eigenvalue weighted by atomic mass is 35.5. The van der Waals surface area contributed by atoms with Crippen LogP contribution in [0.5, 0.6) is 0 Å². The van der Waals surface area contributed by atoms with Crippen LogP contribution in [0.4, 0.5) is 0 Å². The predicted octanol–water partition coefficient (Wildman–Crippen LogP) is -0.305. The highest BCUT2D eigenvalue weighted by Gasteiger charge is 2.25. The lowest BCUT2D eigenvalue weighted by atomic mass is 10.1. The zero-order chi connectivity index (χ0) is 10.6. The van der Waals surface area contributed by atoms with E-state index in [4.69, 9.17) is 0 Å². The molecule has 1 aliphatic heterocycles. The summed E-state index contributed by atoms with van der Waals surface area (Å²) in [5, 5.41) is 5.68.